The average Bonchev–Trinajstić information content (AvgIpc) is 2.65. The number of thioether (sulfide) groups is 1. The maximum Gasteiger partial charge on any atom is 0.573 e. The fourth-order valence-corrected chi connectivity index (χ4v) is 3.83. The molecule has 0 saturated heterocycles. The maximum atomic E-state index is 13.3. The van der Waals surface area contributed by atoms with E-state index in [4.69, 9.17) is 0 Å². The van der Waals surface area contributed by atoms with Crippen LogP contribution in [0.5, 0.6) is 5.75 Å². The van der Waals surface area contributed by atoms with Gasteiger partial charge in [-0.2, -0.15) is 0 Å². The number of hydrogen-bond acceptors (Lipinski definition) is 4. The van der Waals surface area contributed by atoms with Crippen LogP contribution >= 0.6 is 11.8 Å². The first-order valence-corrected chi connectivity index (χ1v) is 10.0. The lowest BCUT2D eigenvalue weighted by molar-refractivity contribution is -0.274. The lowest BCUT2D eigenvalue weighted by Gasteiger charge is -2.15. The van der Waals surface area contributed by atoms with Gasteiger partial charge in [0.15, 0.2) is 0 Å². The number of aryl methyl sites for hydroxylation is 1. The lowest BCUT2D eigenvalue weighted by Crippen LogP contribution is -2.25. The number of rotatable bonds is 6. The standard InChI is InChI=1S/C21H18F4N2O2S/c1-3-30-20-18(19(28)26-11-13-5-4-6-14(22)9-13)12(2)16-8-7-15(10-17(16)27-20)29-21(23,24)25/h4-10H,3,11H2,1-2H3,(H,26,28). The monoisotopic (exact) mass is 438 g/mol. The average molecular weight is 438 g/mol. The summed E-state index contributed by atoms with van der Waals surface area (Å²) in [5.74, 6) is -0.555. The molecule has 3 rings (SSSR count). The van der Waals surface area contributed by atoms with Crippen LogP contribution in [0, 0.1) is 12.7 Å². The first-order chi connectivity index (χ1) is 14.2. The molecule has 0 aliphatic rings. The van der Waals surface area contributed by atoms with Crippen molar-refractivity contribution in [3.8, 4) is 5.75 Å². The first kappa shape index (κ1) is 21.9. The number of hydrogen-bond donors (Lipinski definition) is 1. The Labute approximate surface area is 174 Å². The van der Waals surface area contributed by atoms with Crippen molar-refractivity contribution in [2.75, 3.05) is 5.75 Å². The van der Waals surface area contributed by atoms with Crippen LogP contribution < -0.4 is 10.1 Å². The van der Waals surface area contributed by atoms with Crippen LogP contribution in [0.3, 0.4) is 0 Å². The Kier molecular flexibility index (Phi) is 6.50. The zero-order chi connectivity index (χ0) is 21.9. The molecule has 1 amide bonds. The molecule has 9 heteroatoms. The largest absolute Gasteiger partial charge is 0.573 e. The molecule has 2 aromatic carbocycles. The molecule has 0 aliphatic carbocycles. The highest BCUT2D eigenvalue weighted by molar-refractivity contribution is 7.99. The Hall–Kier alpha value is -2.81. The number of amides is 1. The van der Waals surface area contributed by atoms with Crippen molar-refractivity contribution in [2.24, 2.45) is 0 Å². The Balaban J connectivity index is 1.96. The van der Waals surface area contributed by atoms with E-state index in [1.54, 1.807) is 19.1 Å². The maximum absolute atomic E-state index is 13.3. The number of ether oxygens (including phenoxy) is 1. The van der Waals surface area contributed by atoms with E-state index in [-0.39, 0.29) is 12.3 Å². The number of halogens is 4. The number of alkyl halides is 3. The van der Waals surface area contributed by atoms with Gasteiger partial charge >= 0.3 is 6.36 Å². The molecule has 158 valence electrons. The topological polar surface area (TPSA) is 51.2 Å². The second-order valence-corrected chi connectivity index (χ2v) is 7.64. The third-order valence-electron chi connectivity index (χ3n) is 4.27. The lowest BCUT2D eigenvalue weighted by atomic mass is 10.0. The second kappa shape index (κ2) is 8.91. The van der Waals surface area contributed by atoms with E-state index in [0.29, 0.717) is 38.4 Å². The number of nitrogens with zero attached hydrogens (tertiary/aromatic N) is 1. The van der Waals surface area contributed by atoms with Crippen LogP contribution in [0.2, 0.25) is 0 Å². The molecule has 1 aromatic heterocycles. The highest BCUT2D eigenvalue weighted by Crippen LogP contribution is 2.32. The van der Waals surface area contributed by atoms with Gasteiger partial charge in [-0.05, 0) is 48.1 Å². The summed E-state index contributed by atoms with van der Waals surface area (Å²) in [6, 6.07) is 9.72. The summed E-state index contributed by atoms with van der Waals surface area (Å²) < 4.78 is 54.9. The minimum Gasteiger partial charge on any atom is -0.406 e. The molecular formula is C21H18F4N2O2S. The molecule has 3 aromatic rings. The smallest absolute Gasteiger partial charge is 0.406 e. The van der Waals surface area contributed by atoms with Crippen LogP contribution in [-0.4, -0.2) is 23.0 Å². The number of aromatic nitrogens is 1. The van der Waals surface area contributed by atoms with Crippen molar-refractivity contribution in [2.45, 2.75) is 31.8 Å². The van der Waals surface area contributed by atoms with Crippen molar-refractivity contribution in [1.29, 1.82) is 0 Å². The van der Waals surface area contributed by atoms with E-state index in [2.05, 4.69) is 15.0 Å². The number of nitrogens with one attached hydrogen (secondary N) is 1. The summed E-state index contributed by atoms with van der Waals surface area (Å²) >= 11 is 1.31. The molecule has 0 bridgehead atoms. The van der Waals surface area contributed by atoms with Crippen molar-refractivity contribution < 1.29 is 27.1 Å². The van der Waals surface area contributed by atoms with Gasteiger partial charge in [-0.15, -0.1) is 24.9 Å². The predicted molar refractivity (Wildman–Crippen MR) is 107 cm³/mol. The summed E-state index contributed by atoms with van der Waals surface area (Å²) in [5, 5.41) is 3.71. The first-order valence-electron chi connectivity index (χ1n) is 9.03. The van der Waals surface area contributed by atoms with Crippen LogP contribution in [0.4, 0.5) is 17.6 Å². The number of benzene rings is 2. The normalized spacial score (nSPS) is 11.5. The fraction of sp³-hybridized carbons (Fsp3) is 0.238. The van der Waals surface area contributed by atoms with E-state index in [1.807, 2.05) is 6.92 Å². The van der Waals surface area contributed by atoms with Gasteiger partial charge in [0.25, 0.3) is 5.91 Å². The van der Waals surface area contributed by atoms with Gasteiger partial charge in [-0.3, -0.25) is 4.79 Å². The van der Waals surface area contributed by atoms with Crippen LogP contribution in [-0.2, 0) is 6.54 Å². The summed E-state index contributed by atoms with van der Waals surface area (Å²) in [6.07, 6.45) is -4.81. The quantitative estimate of drug-likeness (QED) is 0.401. The van der Waals surface area contributed by atoms with Crippen molar-refractivity contribution in [3.63, 3.8) is 0 Å². The Morgan fingerprint density at radius 2 is 1.97 bits per heavy atom. The van der Waals surface area contributed by atoms with Gasteiger partial charge in [0, 0.05) is 18.0 Å². The molecule has 0 radical (unpaired) electrons. The van der Waals surface area contributed by atoms with E-state index in [9.17, 15) is 22.4 Å². The van der Waals surface area contributed by atoms with Crippen molar-refractivity contribution >= 4 is 28.6 Å². The third kappa shape index (κ3) is 5.21. The van der Waals surface area contributed by atoms with Gasteiger partial charge < -0.3 is 10.1 Å². The Bertz CT molecular complexity index is 1090. The number of carbonyl (C=O) groups is 1. The van der Waals surface area contributed by atoms with E-state index < -0.39 is 18.1 Å². The summed E-state index contributed by atoms with van der Waals surface area (Å²) in [6.45, 7) is 3.72. The molecule has 30 heavy (non-hydrogen) atoms. The van der Waals surface area contributed by atoms with Crippen molar-refractivity contribution in [3.05, 3.63) is 65.0 Å². The number of fused-ring (bicyclic) bond motifs is 1. The summed E-state index contributed by atoms with van der Waals surface area (Å²) in [4.78, 5) is 17.3. The molecular weight excluding hydrogens is 420 g/mol. The van der Waals surface area contributed by atoms with Gasteiger partial charge in [-0.25, -0.2) is 9.37 Å². The molecule has 0 unspecified atom stereocenters. The molecule has 1 N–H and O–H groups in total. The van der Waals surface area contributed by atoms with Gasteiger partial charge in [0.2, 0.25) is 0 Å². The SMILES string of the molecule is CCSc1nc2cc(OC(F)(F)F)ccc2c(C)c1C(=O)NCc1cccc(F)c1. The Morgan fingerprint density at radius 1 is 1.20 bits per heavy atom. The number of pyridine rings is 1. The van der Waals surface area contributed by atoms with Crippen LogP contribution in [0.25, 0.3) is 10.9 Å². The van der Waals surface area contributed by atoms with E-state index >= 15 is 0 Å². The minimum absolute atomic E-state index is 0.128. The molecule has 0 saturated carbocycles. The zero-order valence-corrected chi connectivity index (χ0v) is 17.0. The zero-order valence-electron chi connectivity index (χ0n) is 16.1. The Morgan fingerprint density at radius 3 is 2.63 bits per heavy atom. The summed E-state index contributed by atoms with van der Waals surface area (Å²) in [5.41, 5.74) is 1.83. The molecule has 0 fully saturated rings. The van der Waals surface area contributed by atoms with Crippen molar-refractivity contribution in [1.82, 2.24) is 10.3 Å². The second-order valence-electron chi connectivity index (χ2n) is 6.39. The van der Waals surface area contributed by atoms with Crippen LogP contribution in [0.15, 0.2) is 47.5 Å². The van der Waals surface area contributed by atoms with Gasteiger partial charge in [-0.1, -0.05) is 19.1 Å². The molecule has 0 aliphatic heterocycles. The predicted octanol–water partition coefficient (Wildman–Crippen LogP) is 5.62. The van der Waals surface area contributed by atoms with Gasteiger partial charge in [0.1, 0.15) is 16.6 Å². The molecule has 4 nitrogen and oxygen atoms in total. The highest BCUT2D eigenvalue weighted by atomic mass is 32.2. The van der Waals surface area contributed by atoms with Gasteiger partial charge in [0.05, 0.1) is 11.1 Å². The summed E-state index contributed by atoms with van der Waals surface area (Å²) in [7, 11) is 0. The van der Waals surface area contributed by atoms with E-state index in [0.717, 1.165) is 0 Å². The molecule has 1 heterocycles. The van der Waals surface area contributed by atoms with E-state index in [1.165, 1.54) is 42.1 Å². The van der Waals surface area contributed by atoms with Crippen LogP contribution in [0.1, 0.15) is 28.4 Å². The molecule has 0 atom stereocenters. The highest BCUT2D eigenvalue weighted by Gasteiger charge is 2.31. The third-order valence-corrected chi connectivity index (χ3v) is 5.13. The molecule has 0 spiro atoms. The minimum atomic E-state index is -4.81. The number of carbonyl (C=O) groups excluding carboxylic acids is 1. The fourth-order valence-electron chi connectivity index (χ4n) is 3.00.